The fraction of sp³-hybridized carbons (Fsp3) is 0.429. The van der Waals surface area contributed by atoms with Gasteiger partial charge in [-0.3, -0.25) is 0 Å². The van der Waals surface area contributed by atoms with Gasteiger partial charge in [0.1, 0.15) is 11.2 Å². The Bertz CT molecular complexity index is 2240. The maximum Gasteiger partial charge on any atom is 0.498 e. The zero-order chi connectivity index (χ0) is 33.5. The number of rotatable bonds is 2. The number of fused-ring (bicyclic) bond motifs is 8. The van der Waals surface area contributed by atoms with Crippen molar-refractivity contribution in [2.45, 2.75) is 116 Å². The molecule has 2 aromatic heterocycles. The van der Waals surface area contributed by atoms with Crippen molar-refractivity contribution in [1.82, 2.24) is 4.57 Å². The minimum absolute atomic E-state index is 0.00422. The number of furan rings is 1. The molecule has 0 amide bonds. The molecule has 2 aliphatic rings. The quantitative estimate of drug-likeness (QED) is 0.180. The Kier molecular flexibility index (Phi) is 6.25. The largest absolute Gasteiger partial charge is 0.498 e. The van der Waals surface area contributed by atoms with E-state index in [1.165, 1.54) is 51.5 Å². The summed E-state index contributed by atoms with van der Waals surface area (Å²) < 4.78 is 22.7. The molecule has 4 nitrogen and oxygen atoms in total. The van der Waals surface area contributed by atoms with Crippen molar-refractivity contribution >= 4 is 56.3 Å². The summed E-state index contributed by atoms with van der Waals surface area (Å²) in [5, 5.41) is 4.68. The summed E-state index contributed by atoms with van der Waals surface area (Å²) in [6.45, 7) is 24.9. The second-order valence-corrected chi connectivity index (χ2v) is 17.6. The molecule has 5 heteroatoms. The van der Waals surface area contributed by atoms with Gasteiger partial charge in [-0.2, -0.15) is 0 Å². The Morgan fingerprint density at radius 2 is 1.32 bits per heavy atom. The molecular weight excluding hydrogens is 577 g/mol. The van der Waals surface area contributed by atoms with Crippen LogP contribution in [0, 0.1) is 0 Å². The monoisotopic (exact) mass is 625 g/mol. The molecule has 8 rings (SSSR count). The summed E-state index contributed by atoms with van der Waals surface area (Å²) in [4.78, 5) is 0. The molecule has 3 heterocycles. The molecule has 4 aromatic carbocycles. The summed E-state index contributed by atoms with van der Waals surface area (Å²) >= 11 is 0. The molecule has 1 fully saturated rings. The van der Waals surface area contributed by atoms with Gasteiger partial charge in [0.25, 0.3) is 0 Å². The first-order chi connectivity index (χ1) is 21.9. The second-order valence-electron chi connectivity index (χ2n) is 17.6. The van der Waals surface area contributed by atoms with Crippen LogP contribution in [0.2, 0.25) is 0 Å². The molecule has 0 bridgehead atoms. The number of hydrogen-bond acceptors (Lipinski definition) is 3. The van der Waals surface area contributed by atoms with Gasteiger partial charge in [-0.25, -0.2) is 0 Å². The van der Waals surface area contributed by atoms with Crippen LogP contribution in [0.4, 0.5) is 0 Å². The molecule has 0 radical (unpaired) electrons. The van der Waals surface area contributed by atoms with E-state index in [4.69, 9.17) is 13.7 Å². The molecule has 0 spiro atoms. The summed E-state index contributed by atoms with van der Waals surface area (Å²) in [5.74, 6) is 0. The van der Waals surface area contributed by atoms with Gasteiger partial charge in [-0.1, -0.05) is 78.8 Å². The topological polar surface area (TPSA) is 36.5 Å². The van der Waals surface area contributed by atoms with Crippen molar-refractivity contribution in [3.63, 3.8) is 0 Å². The number of para-hydroxylation sites is 1. The summed E-state index contributed by atoms with van der Waals surface area (Å²) in [7, 11) is -0.563. The Balaban J connectivity index is 1.53. The van der Waals surface area contributed by atoms with Gasteiger partial charge in [0.15, 0.2) is 0 Å². The Labute approximate surface area is 279 Å². The van der Waals surface area contributed by atoms with Gasteiger partial charge in [0, 0.05) is 32.7 Å². The lowest BCUT2D eigenvalue weighted by Gasteiger charge is -2.42. The SMILES string of the molecule is CC(C)(C)c1ccc2c(c1)c1c3c(oc4ccccc43)c(B3OC(C)(C)C(C)(C)O3)cc1n2-c1ccc2c(c1)C(C)(C)CCC2(C)C. The highest BCUT2D eigenvalue weighted by molar-refractivity contribution is 6.66. The molecular formula is C42H48BNO3. The van der Waals surface area contributed by atoms with E-state index in [0.717, 1.165) is 32.9 Å². The van der Waals surface area contributed by atoms with Crippen LogP contribution in [0.15, 0.2) is 71.1 Å². The predicted molar refractivity (Wildman–Crippen MR) is 198 cm³/mol. The average molecular weight is 626 g/mol. The van der Waals surface area contributed by atoms with Gasteiger partial charge in [-0.15, -0.1) is 0 Å². The summed E-state index contributed by atoms with van der Waals surface area (Å²) in [5.41, 5.74) is 9.70. The van der Waals surface area contributed by atoms with Crippen LogP contribution in [0.1, 0.15) is 106 Å². The smallest absolute Gasteiger partial charge is 0.456 e. The van der Waals surface area contributed by atoms with Gasteiger partial charge in [0.05, 0.1) is 22.2 Å². The van der Waals surface area contributed by atoms with Crippen LogP contribution in [-0.4, -0.2) is 22.9 Å². The van der Waals surface area contributed by atoms with Crippen LogP contribution in [0.3, 0.4) is 0 Å². The first kappa shape index (κ1) is 30.8. The lowest BCUT2D eigenvalue weighted by Crippen LogP contribution is -2.41. The molecule has 47 heavy (non-hydrogen) atoms. The fourth-order valence-electron chi connectivity index (χ4n) is 8.03. The highest BCUT2D eigenvalue weighted by Gasteiger charge is 2.53. The zero-order valence-electron chi connectivity index (χ0n) is 30.0. The van der Waals surface area contributed by atoms with Gasteiger partial charge >= 0.3 is 7.12 Å². The number of aromatic nitrogens is 1. The van der Waals surface area contributed by atoms with Crippen LogP contribution in [0.25, 0.3) is 49.4 Å². The van der Waals surface area contributed by atoms with Crippen molar-refractivity contribution in [2.75, 3.05) is 0 Å². The highest BCUT2D eigenvalue weighted by atomic mass is 16.7. The van der Waals surface area contributed by atoms with E-state index in [-0.39, 0.29) is 16.2 Å². The minimum atomic E-state index is -0.563. The fourth-order valence-corrected chi connectivity index (χ4v) is 8.03. The van der Waals surface area contributed by atoms with E-state index < -0.39 is 18.3 Å². The van der Waals surface area contributed by atoms with Crippen molar-refractivity contribution < 1.29 is 13.7 Å². The number of benzene rings is 4. The molecule has 242 valence electrons. The van der Waals surface area contributed by atoms with Crippen molar-refractivity contribution in [1.29, 1.82) is 0 Å². The lowest BCUT2D eigenvalue weighted by atomic mass is 9.63. The van der Waals surface area contributed by atoms with Gasteiger partial charge < -0.3 is 18.3 Å². The van der Waals surface area contributed by atoms with E-state index in [1.54, 1.807) is 0 Å². The lowest BCUT2D eigenvalue weighted by molar-refractivity contribution is 0.00578. The maximum absolute atomic E-state index is 6.76. The normalized spacial score (nSPS) is 20.1. The van der Waals surface area contributed by atoms with E-state index in [2.05, 4.69) is 141 Å². The Morgan fingerprint density at radius 1 is 0.660 bits per heavy atom. The molecule has 6 aromatic rings. The first-order valence-electron chi connectivity index (χ1n) is 17.3. The van der Waals surface area contributed by atoms with E-state index >= 15 is 0 Å². The molecule has 0 N–H and O–H groups in total. The first-order valence-corrected chi connectivity index (χ1v) is 17.3. The minimum Gasteiger partial charge on any atom is -0.456 e. The van der Waals surface area contributed by atoms with E-state index in [1.807, 2.05) is 6.07 Å². The summed E-state index contributed by atoms with van der Waals surface area (Å²) in [6, 6.07) is 25.0. The third-order valence-corrected chi connectivity index (χ3v) is 11.9. The van der Waals surface area contributed by atoms with Crippen LogP contribution in [-0.2, 0) is 25.6 Å². The Hall–Kier alpha value is -3.54. The maximum atomic E-state index is 6.76. The van der Waals surface area contributed by atoms with Crippen LogP contribution < -0.4 is 5.46 Å². The highest BCUT2D eigenvalue weighted by Crippen LogP contribution is 2.48. The number of nitrogens with zero attached hydrogens (tertiary/aromatic N) is 1. The standard InChI is InChI=1S/C42H48BNO3/c1-38(2,3)25-16-19-32-28(22-25)35-33(44(32)26-17-18-29-30(23-26)40(6,7)21-20-39(29,4)5)24-31(43-46-41(8,9)42(10,11)47-43)37-36(35)27-14-12-13-15-34(27)45-37/h12-19,22-24H,20-21H2,1-11H3. The van der Waals surface area contributed by atoms with Gasteiger partial charge in [-0.05, 0) is 110 Å². The molecule has 1 saturated heterocycles. The molecule has 0 atom stereocenters. The third-order valence-electron chi connectivity index (χ3n) is 11.9. The average Bonchev–Trinajstić information content (AvgIpc) is 3.60. The van der Waals surface area contributed by atoms with E-state index in [0.29, 0.717) is 0 Å². The third kappa shape index (κ3) is 4.42. The molecule has 0 saturated carbocycles. The molecule has 1 aliphatic heterocycles. The number of hydrogen-bond donors (Lipinski definition) is 0. The van der Waals surface area contributed by atoms with E-state index in [9.17, 15) is 0 Å². The second kappa shape index (κ2) is 9.54. The predicted octanol–water partition coefficient (Wildman–Crippen LogP) is 10.6. The van der Waals surface area contributed by atoms with Crippen molar-refractivity contribution in [3.05, 3.63) is 83.4 Å². The molecule has 1 aliphatic carbocycles. The molecule has 0 unspecified atom stereocenters. The van der Waals surface area contributed by atoms with Crippen molar-refractivity contribution in [3.8, 4) is 5.69 Å². The zero-order valence-corrected chi connectivity index (χ0v) is 30.0. The van der Waals surface area contributed by atoms with Gasteiger partial charge in [0.2, 0.25) is 0 Å². The van der Waals surface area contributed by atoms with Crippen LogP contribution >= 0.6 is 0 Å². The summed E-state index contributed by atoms with van der Waals surface area (Å²) in [6.07, 6.45) is 2.37. The Morgan fingerprint density at radius 3 is 2.00 bits per heavy atom. The van der Waals surface area contributed by atoms with Crippen LogP contribution in [0.5, 0.6) is 0 Å². The van der Waals surface area contributed by atoms with Crippen molar-refractivity contribution in [2.24, 2.45) is 0 Å².